The van der Waals surface area contributed by atoms with Crippen molar-refractivity contribution in [3.05, 3.63) is 11.6 Å². The van der Waals surface area contributed by atoms with Gasteiger partial charge in [-0.25, -0.2) is 4.99 Å². The maximum atomic E-state index is 13.5. The summed E-state index contributed by atoms with van der Waals surface area (Å²) in [5, 5.41) is 10.2. The van der Waals surface area contributed by atoms with Crippen LogP contribution in [0.15, 0.2) is 16.6 Å². The van der Waals surface area contributed by atoms with Crippen LogP contribution in [0.2, 0.25) is 0 Å². The Kier molecular flexibility index (Phi) is 4.71. The van der Waals surface area contributed by atoms with E-state index in [1.807, 2.05) is 6.92 Å². The zero-order valence-electron chi connectivity index (χ0n) is 19.1. The van der Waals surface area contributed by atoms with Crippen LogP contribution in [-0.4, -0.2) is 47.1 Å². The summed E-state index contributed by atoms with van der Waals surface area (Å²) in [6.07, 6.45) is 8.46. The Morgan fingerprint density at radius 2 is 2.03 bits per heavy atom. The maximum Gasteiger partial charge on any atom is 0.303 e. The van der Waals surface area contributed by atoms with Gasteiger partial charge < -0.3 is 14.6 Å². The number of hydrogen-bond acceptors (Lipinski definition) is 6. The van der Waals surface area contributed by atoms with E-state index in [0.29, 0.717) is 23.7 Å². The quantitative estimate of drug-likeness (QED) is 0.547. The Morgan fingerprint density at radius 1 is 1.26 bits per heavy atom. The minimum absolute atomic E-state index is 0.118. The molecule has 0 bridgehead atoms. The molecule has 6 heteroatoms. The Bertz CT molecular complexity index is 879. The molecule has 0 unspecified atom stereocenters. The predicted molar refractivity (Wildman–Crippen MR) is 115 cm³/mol. The van der Waals surface area contributed by atoms with Crippen molar-refractivity contribution in [2.45, 2.75) is 90.4 Å². The van der Waals surface area contributed by atoms with E-state index in [0.717, 1.165) is 44.9 Å². The normalized spacial score (nSPS) is 47.7. The molecule has 8 atom stereocenters. The number of aliphatic imine (C=N–C) groups is 1. The molecule has 4 aliphatic carbocycles. The Balaban J connectivity index is 1.51. The molecule has 0 radical (unpaired) electrons. The first-order chi connectivity index (χ1) is 14.6. The average Bonchev–Trinajstić information content (AvgIpc) is 3.17. The second kappa shape index (κ2) is 6.90. The molecule has 3 fully saturated rings. The van der Waals surface area contributed by atoms with Crippen molar-refractivity contribution in [1.82, 2.24) is 0 Å². The van der Waals surface area contributed by atoms with E-state index in [9.17, 15) is 14.7 Å². The number of aliphatic hydroxyl groups is 1. The molecule has 170 valence electrons. The molecule has 3 saturated carbocycles. The van der Waals surface area contributed by atoms with Gasteiger partial charge in [0.1, 0.15) is 6.10 Å². The molecule has 5 aliphatic rings. The largest absolute Gasteiger partial charge is 0.475 e. The third-order valence-electron chi connectivity index (χ3n) is 9.75. The molecule has 1 N–H and O–H groups in total. The molecule has 0 amide bonds. The molecule has 0 saturated heterocycles. The molecule has 0 spiro atoms. The van der Waals surface area contributed by atoms with Crippen molar-refractivity contribution < 1.29 is 24.2 Å². The number of esters is 1. The lowest BCUT2D eigenvalue weighted by molar-refractivity contribution is -0.151. The molecule has 5 rings (SSSR count). The summed E-state index contributed by atoms with van der Waals surface area (Å²) in [6, 6.07) is 0. The lowest BCUT2D eigenvalue weighted by Crippen LogP contribution is -2.59. The van der Waals surface area contributed by atoms with Gasteiger partial charge in [-0.1, -0.05) is 25.5 Å². The number of ketones is 1. The van der Waals surface area contributed by atoms with E-state index in [1.165, 1.54) is 12.5 Å². The zero-order valence-corrected chi connectivity index (χ0v) is 19.1. The lowest BCUT2D eigenvalue weighted by Gasteiger charge is -2.58. The summed E-state index contributed by atoms with van der Waals surface area (Å²) >= 11 is 0. The number of carbonyl (C=O) groups excluding carboxylic acids is 2. The highest BCUT2D eigenvalue weighted by molar-refractivity contribution is 5.97. The van der Waals surface area contributed by atoms with E-state index < -0.39 is 11.5 Å². The number of Topliss-reactive ketones (excluding diaryl/α,β-unsaturated/α-hetero) is 1. The predicted octanol–water partition coefficient (Wildman–Crippen LogP) is 3.61. The SMILES string of the molecule is CC(=O)OCC(=O)[C@@]12N=C(C)O[C@@H]1C[C@H]1[C@@H]3CC=C4C[C@@H](O)CC[C@]4(C)[C@H]3CC[C@@]12C. The number of ether oxygens (including phenoxy) is 2. The summed E-state index contributed by atoms with van der Waals surface area (Å²) < 4.78 is 11.3. The fourth-order valence-corrected chi connectivity index (χ4v) is 8.29. The van der Waals surface area contributed by atoms with Gasteiger partial charge in [0.25, 0.3) is 0 Å². The van der Waals surface area contributed by atoms with Crippen molar-refractivity contribution in [3.8, 4) is 0 Å². The van der Waals surface area contributed by atoms with Crippen molar-refractivity contribution in [2.24, 2.45) is 33.6 Å². The summed E-state index contributed by atoms with van der Waals surface area (Å²) in [5.41, 5.74) is 0.343. The minimum Gasteiger partial charge on any atom is -0.475 e. The van der Waals surface area contributed by atoms with Crippen molar-refractivity contribution >= 4 is 17.7 Å². The molecule has 1 heterocycles. The van der Waals surface area contributed by atoms with Crippen LogP contribution in [0.3, 0.4) is 0 Å². The lowest BCUT2D eigenvalue weighted by atomic mass is 9.46. The Hall–Kier alpha value is -1.69. The second-order valence-electron chi connectivity index (χ2n) is 11.1. The first-order valence-electron chi connectivity index (χ1n) is 11.9. The van der Waals surface area contributed by atoms with Crippen LogP contribution in [-0.2, 0) is 19.1 Å². The average molecular weight is 430 g/mol. The fraction of sp³-hybridized carbons (Fsp3) is 0.800. The number of carbonyl (C=O) groups is 2. The Labute approximate surface area is 184 Å². The molecule has 6 nitrogen and oxygen atoms in total. The maximum absolute atomic E-state index is 13.5. The highest BCUT2D eigenvalue weighted by Crippen LogP contribution is 2.69. The molecular formula is C25H35NO5. The van der Waals surface area contributed by atoms with E-state index in [2.05, 4.69) is 19.9 Å². The van der Waals surface area contributed by atoms with Crippen molar-refractivity contribution in [2.75, 3.05) is 6.61 Å². The monoisotopic (exact) mass is 429 g/mol. The first kappa shape index (κ1) is 21.2. The highest BCUT2D eigenvalue weighted by Gasteiger charge is 2.73. The van der Waals surface area contributed by atoms with Gasteiger partial charge in [0.15, 0.2) is 18.0 Å². The van der Waals surface area contributed by atoms with E-state index in [4.69, 9.17) is 14.5 Å². The van der Waals surface area contributed by atoms with Gasteiger partial charge in [0.05, 0.1) is 6.10 Å². The molecule has 31 heavy (non-hydrogen) atoms. The van der Waals surface area contributed by atoms with Crippen LogP contribution >= 0.6 is 0 Å². The van der Waals surface area contributed by atoms with Gasteiger partial charge in [-0.3, -0.25) is 9.59 Å². The number of aliphatic hydroxyl groups excluding tert-OH is 1. The summed E-state index contributed by atoms with van der Waals surface area (Å²) in [5.74, 6) is 1.42. The van der Waals surface area contributed by atoms with E-state index >= 15 is 0 Å². The number of nitrogens with zero attached hydrogens (tertiary/aromatic N) is 1. The smallest absolute Gasteiger partial charge is 0.303 e. The van der Waals surface area contributed by atoms with Crippen LogP contribution in [0.4, 0.5) is 0 Å². The molecular weight excluding hydrogens is 394 g/mol. The topological polar surface area (TPSA) is 85.2 Å². The first-order valence-corrected chi connectivity index (χ1v) is 11.9. The number of fused-ring (bicyclic) bond motifs is 7. The van der Waals surface area contributed by atoms with Crippen LogP contribution in [0.25, 0.3) is 0 Å². The number of rotatable bonds is 3. The van der Waals surface area contributed by atoms with Gasteiger partial charge in [-0.15, -0.1) is 0 Å². The number of allylic oxidation sites excluding steroid dienone is 1. The number of hydrogen-bond donors (Lipinski definition) is 1. The van der Waals surface area contributed by atoms with Gasteiger partial charge in [-0.2, -0.15) is 0 Å². The summed E-state index contributed by atoms with van der Waals surface area (Å²) in [7, 11) is 0. The molecule has 0 aromatic carbocycles. The van der Waals surface area contributed by atoms with Gasteiger partial charge in [0.2, 0.25) is 5.78 Å². The van der Waals surface area contributed by atoms with Gasteiger partial charge in [-0.05, 0) is 68.1 Å². The summed E-state index contributed by atoms with van der Waals surface area (Å²) in [4.78, 5) is 29.8. The van der Waals surface area contributed by atoms with Crippen LogP contribution in [0.1, 0.15) is 72.6 Å². The minimum atomic E-state index is -0.949. The van der Waals surface area contributed by atoms with Gasteiger partial charge in [0, 0.05) is 19.3 Å². The second-order valence-corrected chi connectivity index (χ2v) is 11.1. The van der Waals surface area contributed by atoms with Crippen molar-refractivity contribution in [3.63, 3.8) is 0 Å². The molecule has 0 aromatic heterocycles. The molecule has 0 aromatic rings. The standard InChI is InChI=1S/C25H35NO5/c1-14-26-25(21(29)13-30-15(2)27)22(31-14)12-20-18-6-5-16-11-17(28)7-9-23(16,3)19(18)8-10-24(20,25)4/h5,17-20,22,28H,6-13H2,1-4H3/t17-,18+,19-,20-,22+,23-,24-,25+/m0/s1. The van der Waals surface area contributed by atoms with Crippen LogP contribution < -0.4 is 0 Å². The van der Waals surface area contributed by atoms with E-state index in [-0.39, 0.29) is 35.4 Å². The third-order valence-corrected chi connectivity index (χ3v) is 9.75. The molecule has 1 aliphatic heterocycles. The van der Waals surface area contributed by atoms with Crippen LogP contribution in [0.5, 0.6) is 0 Å². The van der Waals surface area contributed by atoms with E-state index in [1.54, 1.807) is 0 Å². The highest BCUT2D eigenvalue weighted by atomic mass is 16.5. The Morgan fingerprint density at radius 3 is 2.77 bits per heavy atom. The zero-order chi connectivity index (χ0) is 22.2. The fourth-order valence-electron chi connectivity index (χ4n) is 8.29. The van der Waals surface area contributed by atoms with Crippen LogP contribution in [0, 0.1) is 28.6 Å². The third kappa shape index (κ3) is 2.76. The van der Waals surface area contributed by atoms with Gasteiger partial charge >= 0.3 is 5.97 Å². The van der Waals surface area contributed by atoms with Crippen molar-refractivity contribution in [1.29, 1.82) is 0 Å². The summed E-state index contributed by atoms with van der Waals surface area (Å²) in [6.45, 7) is 7.56.